The van der Waals surface area contributed by atoms with E-state index in [2.05, 4.69) is 10.2 Å². The molecule has 0 aromatic heterocycles. The van der Waals surface area contributed by atoms with Crippen molar-refractivity contribution in [1.82, 2.24) is 10.2 Å². The van der Waals surface area contributed by atoms with Gasteiger partial charge in [-0.3, -0.25) is 9.69 Å². The average molecular weight is 412 g/mol. The third kappa shape index (κ3) is 8.16. The Hall–Kier alpha value is -0.960. The highest BCUT2D eigenvalue weighted by molar-refractivity contribution is 8.00. The van der Waals surface area contributed by atoms with Crippen LogP contribution >= 0.6 is 24.2 Å². The number of nitrogens with zero attached hydrogens (tertiary/aromatic N) is 1. The zero-order valence-corrected chi connectivity index (χ0v) is 16.1. The SMILES string of the molecule is Cl.NCCC(=O)NCC1CCCCN1Cc1ccc(SC(F)(F)F)cc1. The number of hydrogen-bond acceptors (Lipinski definition) is 4. The van der Waals surface area contributed by atoms with Crippen LogP contribution < -0.4 is 11.1 Å². The third-order valence-corrected chi connectivity index (χ3v) is 4.94. The molecule has 1 amide bonds. The van der Waals surface area contributed by atoms with E-state index in [0.29, 0.717) is 26.1 Å². The van der Waals surface area contributed by atoms with Gasteiger partial charge in [-0.25, -0.2) is 0 Å². The van der Waals surface area contributed by atoms with E-state index >= 15 is 0 Å². The monoisotopic (exact) mass is 411 g/mol. The quantitative estimate of drug-likeness (QED) is 0.674. The van der Waals surface area contributed by atoms with E-state index in [1.54, 1.807) is 12.1 Å². The largest absolute Gasteiger partial charge is 0.446 e. The lowest BCUT2D eigenvalue weighted by Crippen LogP contribution is -2.46. The van der Waals surface area contributed by atoms with Gasteiger partial charge in [0.2, 0.25) is 5.91 Å². The molecule has 26 heavy (non-hydrogen) atoms. The number of carbonyl (C=O) groups is 1. The Morgan fingerprint density at radius 2 is 1.96 bits per heavy atom. The summed E-state index contributed by atoms with van der Waals surface area (Å²) < 4.78 is 37.1. The lowest BCUT2D eigenvalue weighted by Gasteiger charge is -2.36. The van der Waals surface area contributed by atoms with Gasteiger partial charge in [-0.15, -0.1) is 12.4 Å². The molecule has 148 valence electrons. The van der Waals surface area contributed by atoms with Crippen LogP contribution in [0.25, 0.3) is 0 Å². The Bertz CT molecular complexity index is 557. The minimum Gasteiger partial charge on any atom is -0.354 e. The molecule has 1 saturated heterocycles. The second-order valence-electron chi connectivity index (χ2n) is 6.15. The predicted octanol–water partition coefficient (Wildman–Crippen LogP) is 3.54. The van der Waals surface area contributed by atoms with Gasteiger partial charge in [0.25, 0.3) is 0 Å². The Balaban J connectivity index is 0.00000338. The molecule has 1 fully saturated rings. The maximum absolute atomic E-state index is 12.4. The van der Waals surface area contributed by atoms with Crippen molar-refractivity contribution in [2.45, 2.75) is 48.7 Å². The van der Waals surface area contributed by atoms with Crippen molar-refractivity contribution in [3.63, 3.8) is 0 Å². The zero-order chi connectivity index (χ0) is 18.3. The predicted molar refractivity (Wildman–Crippen MR) is 100 cm³/mol. The first kappa shape index (κ1) is 23.1. The number of piperidine rings is 1. The fourth-order valence-electron chi connectivity index (χ4n) is 2.98. The van der Waals surface area contributed by atoms with Crippen LogP contribution in [0, 0.1) is 0 Å². The van der Waals surface area contributed by atoms with Crippen LogP contribution in [0.1, 0.15) is 31.2 Å². The van der Waals surface area contributed by atoms with Gasteiger partial charge in [0, 0.05) is 37.0 Å². The maximum Gasteiger partial charge on any atom is 0.446 e. The van der Waals surface area contributed by atoms with E-state index in [1.807, 2.05) is 0 Å². The minimum absolute atomic E-state index is 0. The Labute approximate surface area is 162 Å². The summed E-state index contributed by atoms with van der Waals surface area (Å²) in [6.07, 6.45) is 3.54. The van der Waals surface area contributed by atoms with Gasteiger partial charge >= 0.3 is 5.51 Å². The number of thioether (sulfide) groups is 1. The topological polar surface area (TPSA) is 58.4 Å². The number of alkyl halides is 3. The molecule has 1 heterocycles. The van der Waals surface area contributed by atoms with E-state index in [9.17, 15) is 18.0 Å². The lowest BCUT2D eigenvalue weighted by atomic mass is 10.0. The summed E-state index contributed by atoms with van der Waals surface area (Å²) in [5.74, 6) is -0.0402. The molecule has 4 nitrogen and oxygen atoms in total. The fraction of sp³-hybridized carbons (Fsp3) is 0.588. The van der Waals surface area contributed by atoms with Crippen molar-refractivity contribution in [1.29, 1.82) is 0 Å². The summed E-state index contributed by atoms with van der Waals surface area (Å²) in [4.78, 5) is 14.1. The molecule has 3 N–H and O–H groups in total. The molecule has 1 aliphatic rings. The summed E-state index contributed by atoms with van der Waals surface area (Å²) in [6, 6.07) is 6.75. The van der Waals surface area contributed by atoms with Crippen molar-refractivity contribution in [3.8, 4) is 0 Å². The second-order valence-corrected chi connectivity index (χ2v) is 7.29. The van der Waals surface area contributed by atoms with E-state index in [1.165, 1.54) is 12.1 Å². The first-order chi connectivity index (χ1) is 11.9. The van der Waals surface area contributed by atoms with Crippen LogP contribution in [0.2, 0.25) is 0 Å². The molecule has 0 radical (unpaired) electrons. The first-order valence-corrected chi connectivity index (χ1v) is 9.24. The van der Waals surface area contributed by atoms with Gasteiger partial charge in [-0.1, -0.05) is 18.6 Å². The summed E-state index contributed by atoms with van der Waals surface area (Å²) >= 11 is -0.0993. The van der Waals surface area contributed by atoms with Gasteiger partial charge in [-0.05, 0) is 48.8 Å². The highest BCUT2D eigenvalue weighted by Crippen LogP contribution is 2.36. The van der Waals surface area contributed by atoms with Crippen LogP contribution in [-0.2, 0) is 11.3 Å². The molecule has 9 heteroatoms. The molecule has 1 atom stereocenters. The fourth-order valence-corrected chi connectivity index (χ4v) is 3.52. The standard InChI is InChI=1S/C17H24F3N3OS.ClH/c18-17(19,20)25-15-6-4-13(5-7-15)12-23-10-2-1-3-14(23)11-22-16(24)8-9-21;/h4-7,14H,1-3,8-12,21H2,(H,22,24);1H. The molecule has 0 bridgehead atoms. The number of nitrogens with one attached hydrogen (secondary N) is 1. The van der Waals surface area contributed by atoms with Gasteiger partial charge in [0.1, 0.15) is 0 Å². The third-order valence-electron chi connectivity index (χ3n) is 4.20. The molecule has 0 aliphatic carbocycles. The average Bonchev–Trinajstić information content (AvgIpc) is 2.55. The number of benzene rings is 1. The molecule has 1 aliphatic heterocycles. The zero-order valence-electron chi connectivity index (χ0n) is 14.4. The van der Waals surface area contributed by atoms with Crippen LogP contribution in [-0.4, -0.2) is 42.0 Å². The number of halogens is 4. The summed E-state index contributed by atoms with van der Waals surface area (Å²) in [5, 5.41) is 2.91. The van der Waals surface area contributed by atoms with E-state index in [0.717, 1.165) is 31.4 Å². The first-order valence-electron chi connectivity index (χ1n) is 8.43. The number of carbonyl (C=O) groups excluding carboxylic acids is 1. The van der Waals surface area contributed by atoms with Gasteiger partial charge in [0.15, 0.2) is 0 Å². The minimum atomic E-state index is -4.26. The molecular formula is C17H25ClF3N3OS. The Kier molecular flexibility index (Phi) is 9.78. The number of amides is 1. The number of rotatable bonds is 7. The Morgan fingerprint density at radius 1 is 1.27 bits per heavy atom. The van der Waals surface area contributed by atoms with E-state index in [-0.39, 0.29) is 41.0 Å². The van der Waals surface area contributed by atoms with Gasteiger partial charge in [-0.2, -0.15) is 13.2 Å². The highest BCUT2D eigenvalue weighted by Gasteiger charge is 2.29. The molecule has 1 aromatic rings. The molecule has 0 spiro atoms. The van der Waals surface area contributed by atoms with Crippen molar-refractivity contribution >= 4 is 30.1 Å². The number of likely N-dealkylation sites (tertiary alicyclic amines) is 1. The molecular weight excluding hydrogens is 387 g/mol. The van der Waals surface area contributed by atoms with Crippen LogP contribution in [0.5, 0.6) is 0 Å². The van der Waals surface area contributed by atoms with Crippen LogP contribution in [0.15, 0.2) is 29.2 Å². The summed E-state index contributed by atoms with van der Waals surface area (Å²) in [6.45, 7) is 2.52. The van der Waals surface area contributed by atoms with Crippen molar-refractivity contribution < 1.29 is 18.0 Å². The lowest BCUT2D eigenvalue weighted by molar-refractivity contribution is -0.121. The summed E-state index contributed by atoms with van der Waals surface area (Å²) in [5.41, 5.74) is 2.09. The van der Waals surface area contributed by atoms with Gasteiger partial charge in [0.05, 0.1) is 0 Å². The van der Waals surface area contributed by atoms with Crippen molar-refractivity contribution in [3.05, 3.63) is 29.8 Å². The smallest absolute Gasteiger partial charge is 0.354 e. The molecule has 0 saturated carbocycles. The molecule has 1 unspecified atom stereocenters. The van der Waals surface area contributed by atoms with Crippen molar-refractivity contribution in [2.75, 3.05) is 19.6 Å². The number of nitrogens with two attached hydrogens (primary N) is 1. The normalized spacial score (nSPS) is 18.2. The molecule has 1 aromatic carbocycles. The van der Waals surface area contributed by atoms with Crippen LogP contribution in [0.3, 0.4) is 0 Å². The highest BCUT2D eigenvalue weighted by atomic mass is 35.5. The summed E-state index contributed by atoms with van der Waals surface area (Å²) in [7, 11) is 0. The van der Waals surface area contributed by atoms with E-state index in [4.69, 9.17) is 5.73 Å². The number of hydrogen-bond donors (Lipinski definition) is 2. The maximum atomic E-state index is 12.4. The molecule has 2 rings (SSSR count). The van der Waals surface area contributed by atoms with E-state index < -0.39 is 5.51 Å². The van der Waals surface area contributed by atoms with Crippen molar-refractivity contribution in [2.24, 2.45) is 5.73 Å². The van der Waals surface area contributed by atoms with Gasteiger partial charge < -0.3 is 11.1 Å². The Morgan fingerprint density at radius 3 is 2.58 bits per heavy atom. The van der Waals surface area contributed by atoms with Crippen LogP contribution in [0.4, 0.5) is 13.2 Å². The second kappa shape index (κ2) is 11.0.